The summed E-state index contributed by atoms with van der Waals surface area (Å²) in [7, 11) is 0. The number of anilines is 1. The molecule has 0 bridgehead atoms. The highest BCUT2D eigenvalue weighted by atomic mass is 32.1. The molecule has 1 N–H and O–H groups in total. The van der Waals surface area contributed by atoms with Crippen LogP contribution in [0.2, 0.25) is 0 Å². The molecule has 0 unspecified atom stereocenters. The third kappa shape index (κ3) is 1.91. The van der Waals surface area contributed by atoms with E-state index in [9.17, 15) is 4.79 Å². The molecular formula is C13H12N2OS. The van der Waals surface area contributed by atoms with Crippen LogP contribution in [0.1, 0.15) is 15.9 Å². The van der Waals surface area contributed by atoms with Crippen molar-refractivity contribution >= 4 is 22.9 Å². The van der Waals surface area contributed by atoms with Gasteiger partial charge < -0.3 is 10.2 Å². The maximum Gasteiger partial charge on any atom is 0.258 e. The van der Waals surface area contributed by atoms with Crippen LogP contribution in [0.5, 0.6) is 0 Å². The van der Waals surface area contributed by atoms with E-state index in [1.807, 2.05) is 46.0 Å². The lowest BCUT2D eigenvalue weighted by Gasteiger charge is -2.28. The van der Waals surface area contributed by atoms with Crippen molar-refractivity contribution in [2.24, 2.45) is 0 Å². The number of rotatable bonds is 2. The Morgan fingerprint density at radius 2 is 2.06 bits per heavy atom. The maximum atomic E-state index is 12.2. The molecule has 1 aliphatic rings. The minimum absolute atomic E-state index is 0.115. The number of carbonyl (C=O) groups excluding carboxylic acids is 1. The molecule has 0 saturated heterocycles. The van der Waals surface area contributed by atoms with Crippen LogP contribution in [0.25, 0.3) is 0 Å². The van der Waals surface area contributed by atoms with Crippen LogP contribution in [-0.2, 0) is 6.54 Å². The smallest absolute Gasteiger partial charge is 0.258 e. The van der Waals surface area contributed by atoms with Gasteiger partial charge in [-0.2, -0.15) is 0 Å². The van der Waals surface area contributed by atoms with E-state index < -0.39 is 0 Å². The lowest BCUT2D eigenvalue weighted by molar-refractivity contribution is 0.0747. The molecule has 1 aliphatic heterocycles. The first-order chi connectivity index (χ1) is 8.34. The monoisotopic (exact) mass is 244 g/mol. The van der Waals surface area contributed by atoms with Gasteiger partial charge in [0.05, 0.1) is 17.9 Å². The van der Waals surface area contributed by atoms with Crippen LogP contribution in [0.15, 0.2) is 41.1 Å². The second-order valence-electron chi connectivity index (χ2n) is 4.02. The molecule has 0 radical (unpaired) electrons. The number of hydrogen-bond acceptors (Lipinski definition) is 3. The maximum absolute atomic E-state index is 12.2. The fourth-order valence-electron chi connectivity index (χ4n) is 1.95. The van der Waals surface area contributed by atoms with Gasteiger partial charge >= 0.3 is 0 Å². The number of nitrogens with one attached hydrogen (secondary N) is 1. The third-order valence-corrected chi connectivity index (χ3v) is 3.60. The Kier molecular flexibility index (Phi) is 2.57. The summed E-state index contributed by atoms with van der Waals surface area (Å²) in [6.45, 7) is 1.24. The van der Waals surface area contributed by atoms with Gasteiger partial charge in [0.2, 0.25) is 0 Å². The van der Waals surface area contributed by atoms with E-state index in [-0.39, 0.29) is 5.91 Å². The fraction of sp³-hybridized carbons (Fsp3) is 0.154. The zero-order valence-corrected chi connectivity index (χ0v) is 10.0. The summed E-state index contributed by atoms with van der Waals surface area (Å²) in [5.74, 6) is 0.115. The van der Waals surface area contributed by atoms with Crippen molar-refractivity contribution in [2.45, 2.75) is 6.54 Å². The van der Waals surface area contributed by atoms with E-state index >= 15 is 0 Å². The highest BCUT2D eigenvalue weighted by Crippen LogP contribution is 2.26. The number of carbonyl (C=O) groups is 1. The largest absolute Gasteiger partial charge is 0.366 e. The van der Waals surface area contributed by atoms with Crippen molar-refractivity contribution in [1.29, 1.82) is 0 Å². The number of thiophene rings is 1. The topological polar surface area (TPSA) is 32.3 Å². The number of nitrogens with zero attached hydrogens (tertiary/aromatic N) is 1. The summed E-state index contributed by atoms with van der Waals surface area (Å²) in [6, 6.07) is 10.0. The standard InChI is InChI=1S/C13H12N2OS/c16-13-11-7-17-8-12(11)14-9-15(13)6-10-4-2-1-3-5-10/h1-5,7-8,14H,6,9H2. The Morgan fingerprint density at radius 1 is 1.24 bits per heavy atom. The Labute approximate surface area is 104 Å². The molecule has 17 heavy (non-hydrogen) atoms. The second kappa shape index (κ2) is 4.22. The van der Waals surface area contributed by atoms with Crippen LogP contribution in [0.4, 0.5) is 5.69 Å². The summed E-state index contributed by atoms with van der Waals surface area (Å²) in [5, 5.41) is 7.14. The van der Waals surface area contributed by atoms with E-state index in [1.165, 1.54) is 0 Å². The lowest BCUT2D eigenvalue weighted by atomic mass is 10.1. The van der Waals surface area contributed by atoms with Gasteiger partial charge in [-0.25, -0.2) is 0 Å². The highest BCUT2D eigenvalue weighted by molar-refractivity contribution is 7.08. The number of benzene rings is 1. The molecule has 1 aromatic carbocycles. The van der Waals surface area contributed by atoms with Crippen molar-refractivity contribution in [2.75, 3.05) is 12.0 Å². The molecular weight excluding hydrogens is 232 g/mol. The lowest BCUT2D eigenvalue weighted by Crippen LogP contribution is -2.38. The predicted octanol–water partition coefficient (Wildman–Crippen LogP) is 2.77. The first kappa shape index (κ1) is 10.4. The molecule has 86 valence electrons. The van der Waals surface area contributed by atoms with Crippen molar-refractivity contribution in [3.05, 3.63) is 52.2 Å². The first-order valence-corrected chi connectivity index (χ1v) is 6.42. The van der Waals surface area contributed by atoms with Gasteiger partial charge in [-0.1, -0.05) is 30.3 Å². The number of amides is 1. The minimum Gasteiger partial charge on any atom is -0.366 e. The van der Waals surface area contributed by atoms with Crippen LogP contribution >= 0.6 is 11.3 Å². The van der Waals surface area contributed by atoms with Gasteiger partial charge in [0.25, 0.3) is 5.91 Å². The van der Waals surface area contributed by atoms with E-state index in [0.29, 0.717) is 13.2 Å². The molecule has 0 aliphatic carbocycles. The summed E-state index contributed by atoms with van der Waals surface area (Å²) in [6.07, 6.45) is 0. The summed E-state index contributed by atoms with van der Waals surface area (Å²) in [4.78, 5) is 14.0. The predicted molar refractivity (Wildman–Crippen MR) is 69.1 cm³/mol. The van der Waals surface area contributed by atoms with Gasteiger partial charge in [-0.05, 0) is 5.56 Å². The van der Waals surface area contributed by atoms with Crippen molar-refractivity contribution in [3.8, 4) is 0 Å². The molecule has 3 rings (SSSR count). The summed E-state index contributed by atoms with van der Waals surface area (Å²) >= 11 is 1.56. The Morgan fingerprint density at radius 3 is 2.88 bits per heavy atom. The molecule has 2 heterocycles. The zero-order chi connectivity index (χ0) is 11.7. The molecule has 0 spiro atoms. The molecule has 0 saturated carbocycles. The van der Waals surface area contributed by atoms with Gasteiger partial charge in [0, 0.05) is 17.3 Å². The third-order valence-electron chi connectivity index (χ3n) is 2.86. The number of fused-ring (bicyclic) bond motifs is 1. The molecule has 0 atom stereocenters. The molecule has 0 fully saturated rings. The van der Waals surface area contributed by atoms with Crippen LogP contribution < -0.4 is 5.32 Å². The van der Waals surface area contributed by atoms with Crippen LogP contribution in [0, 0.1) is 0 Å². The summed E-state index contributed by atoms with van der Waals surface area (Å²) in [5.41, 5.74) is 2.91. The van der Waals surface area contributed by atoms with Crippen LogP contribution in [0.3, 0.4) is 0 Å². The van der Waals surface area contributed by atoms with Crippen molar-refractivity contribution in [3.63, 3.8) is 0 Å². The van der Waals surface area contributed by atoms with Crippen molar-refractivity contribution < 1.29 is 4.79 Å². The Hall–Kier alpha value is -1.81. The average Bonchev–Trinajstić information content (AvgIpc) is 2.83. The Bertz CT molecular complexity index is 535. The van der Waals surface area contributed by atoms with Gasteiger partial charge in [0.15, 0.2) is 0 Å². The molecule has 1 amide bonds. The molecule has 1 aromatic heterocycles. The quantitative estimate of drug-likeness (QED) is 0.881. The average molecular weight is 244 g/mol. The molecule has 4 heteroatoms. The first-order valence-electron chi connectivity index (χ1n) is 5.48. The second-order valence-corrected chi connectivity index (χ2v) is 4.77. The Balaban J connectivity index is 1.81. The molecule has 2 aromatic rings. The summed E-state index contributed by atoms with van der Waals surface area (Å²) < 4.78 is 0. The van der Waals surface area contributed by atoms with E-state index in [1.54, 1.807) is 11.3 Å². The van der Waals surface area contributed by atoms with E-state index in [2.05, 4.69) is 5.32 Å². The molecule has 3 nitrogen and oxygen atoms in total. The van der Waals surface area contributed by atoms with E-state index in [4.69, 9.17) is 0 Å². The van der Waals surface area contributed by atoms with E-state index in [0.717, 1.165) is 16.8 Å². The normalized spacial score (nSPS) is 14.4. The van der Waals surface area contributed by atoms with Crippen molar-refractivity contribution in [1.82, 2.24) is 4.90 Å². The SMILES string of the molecule is O=C1c2cscc2NCN1Cc1ccccc1. The fourth-order valence-corrected chi connectivity index (χ4v) is 2.73. The van der Waals surface area contributed by atoms with Gasteiger partial charge in [-0.3, -0.25) is 4.79 Å². The highest BCUT2D eigenvalue weighted by Gasteiger charge is 2.24. The minimum atomic E-state index is 0.115. The zero-order valence-electron chi connectivity index (χ0n) is 9.22. The van der Waals surface area contributed by atoms with Gasteiger partial charge in [-0.15, -0.1) is 11.3 Å². The number of hydrogen-bond donors (Lipinski definition) is 1. The van der Waals surface area contributed by atoms with Gasteiger partial charge in [0.1, 0.15) is 0 Å². The van der Waals surface area contributed by atoms with Crippen LogP contribution in [-0.4, -0.2) is 17.5 Å².